The van der Waals surface area contributed by atoms with Crippen molar-refractivity contribution in [3.05, 3.63) is 86.7 Å². The number of nitrogen functional groups attached to an aromatic ring is 3. The van der Waals surface area contributed by atoms with Crippen LogP contribution in [0.4, 0.5) is 11.4 Å². The zero-order valence-electron chi connectivity index (χ0n) is 21.6. The van der Waals surface area contributed by atoms with Crippen LogP contribution in [0, 0.1) is 47.0 Å². The van der Waals surface area contributed by atoms with E-state index in [0.717, 1.165) is 41.2 Å². The summed E-state index contributed by atoms with van der Waals surface area (Å²) in [6, 6.07) is 12.2. The van der Waals surface area contributed by atoms with Crippen LogP contribution in [0.25, 0.3) is 0 Å². The Labute approximate surface area is 199 Å². The Balaban J connectivity index is 0.000000251. The molecule has 0 saturated carbocycles. The van der Waals surface area contributed by atoms with Gasteiger partial charge in [0.05, 0.1) is 5.69 Å². The summed E-state index contributed by atoms with van der Waals surface area (Å²) in [5.41, 5.74) is 28.8. The monoisotopic (exact) mass is 447 g/mol. The van der Waals surface area contributed by atoms with Crippen molar-refractivity contribution < 1.29 is 0 Å². The Morgan fingerprint density at radius 1 is 0.727 bits per heavy atom. The fourth-order valence-electron chi connectivity index (χ4n) is 3.64. The number of anilines is 2. The van der Waals surface area contributed by atoms with E-state index < -0.39 is 0 Å². The van der Waals surface area contributed by atoms with Gasteiger partial charge in [0, 0.05) is 22.6 Å². The number of hydrogen-bond acceptors (Lipinski definition) is 4. The van der Waals surface area contributed by atoms with Gasteiger partial charge in [-0.1, -0.05) is 49.2 Å². The maximum atomic E-state index is 7.34. The van der Waals surface area contributed by atoms with Gasteiger partial charge >= 0.3 is 0 Å². The molecule has 1 aromatic heterocycles. The molecule has 0 atom stereocenters. The van der Waals surface area contributed by atoms with Crippen molar-refractivity contribution in [2.75, 3.05) is 11.5 Å². The number of benzene rings is 2. The zero-order chi connectivity index (χ0) is 25.3. The van der Waals surface area contributed by atoms with Crippen LogP contribution < -0.4 is 17.2 Å². The number of aromatic nitrogens is 1. The molecule has 33 heavy (non-hydrogen) atoms. The van der Waals surface area contributed by atoms with E-state index >= 15 is 0 Å². The minimum atomic E-state index is 0.104. The summed E-state index contributed by atoms with van der Waals surface area (Å²) in [5, 5.41) is 7.34. The van der Waals surface area contributed by atoms with Gasteiger partial charge in [-0.15, -0.1) is 0 Å². The molecular formula is C28H41N5. The van der Waals surface area contributed by atoms with Gasteiger partial charge in [0.15, 0.2) is 0 Å². The average Bonchev–Trinajstić information content (AvgIpc) is 2.75. The van der Waals surface area contributed by atoms with E-state index in [9.17, 15) is 0 Å². The molecule has 5 nitrogen and oxygen atoms in total. The smallest absolute Gasteiger partial charge is 0.124 e. The molecule has 0 aliphatic heterocycles. The molecule has 178 valence electrons. The van der Waals surface area contributed by atoms with E-state index in [1.807, 2.05) is 46.8 Å². The SMILES string of the molecule is CCc1ccc(C(=N)N)c(CC)n1.Cc1cc(C)c(N)c(C)c1.Cc1cc(C)c(N)c(C)c1. The first-order valence-electron chi connectivity index (χ1n) is 11.4. The molecule has 0 saturated heterocycles. The second-order valence-electron chi connectivity index (χ2n) is 8.54. The Morgan fingerprint density at radius 3 is 1.42 bits per heavy atom. The highest BCUT2D eigenvalue weighted by atomic mass is 14.8. The van der Waals surface area contributed by atoms with E-state index in [1.165, 1.54) is 33.4 Å². The number of nitrogens with two attached hydrogens (primary N) is 3. The third kappa shape index (κ3) is 8.26. The molecule has 0 unspecified atom stereocenters. The van der Waals surface area contributed by atoms with Crippen LogP contribution in [0.3, 0.4) is 0 Å². The zero-order valence-corrected chi connectivity index (χ0v) is 21.6. The number of nitrogens with one attached hydrogen (secondary N) is 1. The number of rotatable bonds is 3. The molecule has 0 fully saturated rings. The first kappa shape index (κ1) is 27.7. The predicted octanol–water partition coefficient (Wildman–Crippen LogP) is 5.88. The molecule has 7 N–H and O–H groups in total. The standard InChI is InChI=1S/C10H15N3.2C9H13N/c1-3-7-5-6-8(10(11)12)9(4-2)13-7;2*1-6-4-7(2)9(10)8(3)5-6/h5-6H,3-4H2,1-2H3,(H3,11,12);2*4-5H,10H2,1-3H3. The summed E-state index contributed by atoms with van der Waals surface area (Å²) in [6.07, 6.45) is 1.74. The van der Waals surface area contributed by atoms with Gasteiger partial charge in [0.1, 0.15) is 5.84 Å². The van der Waals surface area contributed by atoms with Crippen LogP contribution in [0.2, 0.25) is 0 Å². The van der Waals surface area contributed by atoms with Crippen molar-refractivity contribution in [3.63, 3.8) is 0 Å². The summed E-state index contributed by atoms with van der Waals surface area (Å²) in [6.45, 7) is 16.4. The molecule has 0 amide bonds. The lowest BCUT2D eigenvalue weighted by atomic mass is 10.1. The van der Waals surface area contributed by atoms with E-state index in [2.05, 4.69) is 50.0 Å². The maximum Gasteiger partial charge on any atom is 0.124 e. The lowest BCUT2D eigenvalue weighted by molar-refractivity contribution is 0.949. The van der Waals surface area contributed by atoms with E-state index in [-0.39, 0.29) is 5.84 Å². The van der Waals surface area contributed by atoms with E-state index in [0.29, 0.717) is 0 Å². The summed E-state index contributed by atoms with van der Waals surface area (Å²) in [7, 11) is 0. The number of pyridine rings is 1. The van der Waals surface area contributed by atoms with Crippen LogP contribution in [-0.4, -0.2) is 10.8 Å². The Bertz CT molecular complexity index is 998. The number of aryl methyl sites for hydroxylation is 8. The summed E-state index contributed by atoms with van der Waals surface area (Å²) >= 11 is 0. The van der Waals surface area contributed by atoms with Crippen molar-refractivity contribution in [3.8, 4) is 0 Å². The lowest BCUT2D eigenvalue weighted by Gasteiger charge is -2.06. The van der Waals surface area contributed by atoms with Gasteiger partial charge in [0.2, 0.25) is 0 Å². The second-order valence-corrected chi connectivity index (χ2v) is 8.54. The minimum Gasteiger partial charge on any atom is -0.398 e. The van der Waals surface area contributed by atoms with Crippen molar-refractivity contribution in [2.24, 2.45) is 5.73 Å². The maximum absolute atomic E-state index is 7.34. The third-order valence-electron chi connectivity index (χ3n) is 5.50. The quantitative estimate of drug-likeness (QED) is 0.228. The molecule has 0 radical (unpaired) electrons. The first-order valence-corrected chi connectivity index (χ1v) is 11.4. The molecular weight excluding hydrogens is 406 g/mol. The molecule has 2 aromatic carbocycles. The highest BCUT2D eigenvalue weighted by Gasteiger charge is 2.05. The van der Waals surface area contributed by atoms with Crippen molar-refractivity contribution in [1.82, 2.24) is 4.98 Å². The van der Waals surface area contributed by atoms with Gasteiger partial charge in [-0.2, -0.15) is 0 Å². The van der Waals surface area contributed by atoms with Crippen LogP contribution in [-0.2, 0) is 12.8 Å². The Kier molecular flexibility index (Phi) is 10.6. The molecule has 1 heterocycles. The second kappa shape index (κ2) is 12.6. The number of hydrogen-bond donors (Lipinski definition) is 4. The fraction of sp³-hybridized carbons (Fsp3) is 0.357. The van der Waals surface area contributed by atoms with Crippen molar-refractivity contribution >= 4 is 17.2 Å². The Morgan fingerprint density at radius 2 is 1.12 bits per heavy atom. The normalized spacial score (nSPS) is 9.94. The summed E-state index contributed by atoms with van der Waals surface area (Å²) < 4.78 is 0. The van der Waals surface area contributed by atoms with Crippen LogP contribution >= 0.6 is 0 Å². The summed E-state index contributed by atoms with van der Waals surface area (Å²) in [4.78, 5) is 4.41. The van der Waals surface area contributed by atoms with Gasteiger partial charge in [-0.25, -0.2) is 0 Å². The molecule has 3 aromatic rings. The van der Waals surface area contributed by atoms with Gasteiger partial charge < -0.3 is 17.2 Å². The highest BCUT2D eigenvalue weighted by molar-refractivity contribution is 5.95. The van der Waals surface area contributed by atoms with Gasteiger partial charge in [0.25, 0.3) is 0 Å². The van der Waals surface area contributed by atoms with Crippen molar-refractivity contribution in [1.29, 1.82) is 5.41 Å². The lowest BCUT2D eigenvalue weighted by Crippen LogP contribution is -2.15. The molecule has 0 spiro atoms. The van der Waals surface area contributed by atoms with Gasteiger partial charge in [-0.05, 0) is 88.8 Å². The molecule has 0 bridgehead atoms. The van der Waals surface area contributed by atoms with Crippen LogP contribution in [0.15, 0.2) is 36.4 Å². The average molecular weight is 448 g/mol. The molecule has 3 rings (SSSR count). The topological polar surface area (TPSA) is 115 Å². The van der Waals surface area contributed by atoms with Crippen LogP contribution in [0.1, 0.15) is 64.2 Å². The molecule has 0 aliphatic carbocycles. The summed E-state index contributed by atoms with van der Waals surface area (Å²) in [5.74, 6) is 0.104. The van der Waals surface area contributed by atoms with E-state index in [1.54, 1.807) is 0 Å². The third-order valence-corrected chi connectivity index (χ3v) is 5.50. The molecule has 5 heteroatoms. The number of nitrogens with zero attached hydrogens (tertiary/aromatic N) is 1. The first-order chi connectivity index (χ1) is 15.4. The Hall–Kier alpha value is -3.34. The minimum absolute atomic E-state index is 0.104. The van der Waals surface area contributed by atoms with Crippen LogP contribution in [0.5, 0.6) is 0 Å². The highest BCUT2D eigenvalue weighted by Crippen LogP contribution is 2.18. The van der Waals surface area contributed by atoms with Crippen molar-refractivity contribution in [2.45, 2.75) is 68.2 Å². The van der Waals surface area contributed by atoms with E-state index in [4.69, 9.17) is 22.6 Å². The molecule has 0 aliphatic rings. The fourth-order valence-corrected chi connectivity index (χ4v) is 3.64. The largest absolute Gasteiger partial charge is 0.398 e. The predicted molar refractivity (Wildman–Crippen MR) is 144 cm³/mol. The number of amidine groups is 1. The van der Waals surface area contributed by atoms with Gasteiger partial charge in [-0.3, -0.25) is 10.4 Å².